The van der Waals surface area contributed by atoms with Crippen LogP contribution in [0.3, 0.4) is 0 Å². The Hall–Kier alpha value is -1.29. The van der Waals surface area contributed by atoms with Crippen LogP contribution in [0, 0.1) is 5.41 Å². The van der Waals surface area contributed by atoms with Crippen LogP contribution < -0.4 is 10.1 Å². The zero-order valence-corrected chi connectivity index (χ0v) is 12.3. The maximum Gasteiger partial charge on any atom is 0.168 e. The Morgan fingerprint density at radius 3 is 2.89 bits per heavy atom. The number of nitrogens with zero attached hydrogens (tertiary/aromatic N) is 1. The zero-order valence-electron chi connectivity index (χ0n) is 12.3. The molecule has 0 atom stereocenters. The minimum Gasteiger partial charge on any atom is -0.490 e. The lowest BCUT2D eigenvalue weighted by Gasteiger charge is -2.25. The first-order chi connectivity index (χ1) is 9.09. The minimum absolute atomic E-state index is 0.127. The standard InChI is InChI=1S/C15H26N2O2/c1-4-11-19-13-7-5-9-16-14(13)17-12-15(2,3)8-6-10-18/h5,7,9,18H,4,6,8,10-12H2,1-3H3,(H,16,17). The number of hydrogen-bond acceptors (Lipinski definition) is 4. The Kier molecular flexibility index (Phi) is 6.64. The van der Waals surface area contributed by atoms with Gasteiger partial charge in [0, 0.05) is 19.3 Å². The van der Waals surface area contributed by atoms with Gasteiger partial charge in [-0.25, -0.2) is 4.98 Å². The first-order valence-corrected chi connectivity index (χ1v) is 7.01. The molecule has 0 unspecified atom stereocenters. The van der Waals surface area contributed by atoms with Gasteiger partial charge in [0.1, 0.15) is 0 Å². The SMILES string of the molecule is CCCOc1cccnc1NCC(C)(C)CCCO. The van der Waals surface area contributed by atoms with Crippen LogP contribution in [0.5, 0.6) is 5.75 Å². The summed E-state index contributed by atoms with van der Waals surface area (Å²) >= 11 is 0. The first kappa shape index (κ1) is 15.8. The van der Waals surface area contributed by atoms with Crippen molar-refractivity contribution in [2.75, 3.05) is 25.1 Å². The van der Waals surface area contributed by atoms with Gasteiger partial charge >= 0.3 is 0 Å². The van der Waals surface area contributed by atoms with Gasteiger partial charge in [-0.05, 0) is 36.8 Å². The molecule has 0 radical (unpaired) electrons. The second-order valence-corrected chi connectivity index (χ2v) is 5.54. The second-order valence-electron chi connectivity index (χ2n) is 5.54. The Labute approximate surface area is 116 Å². The number of aliphatic hydroxyl groups excluding tert-OH is 1. The van der Waals surface area contributed by atoms with E-state index in [4.69, 9.17) is 9.84 Å². The van der Waals surface area contributed by atoms with E-state index in [1.54, 1.807) is 6.20 Å². The summed E-state index contributed by atoms with van der Waals surface area (Å²) in [6.07, 6.45) is 4.56. The largest absolute Gasteiger partial charge is 0.490 e. The van der Waals surface area contributed by atoms with Crippen LogP contribution in [-0.2, 0) is 0 Å². The van der Waals surface area contributed by atoms with Crippen LogP contribution in [0.4, 0.5) is 5.82 Å². The summed E-state index contributed by atoms with van der Waals surface area (Å²) in [6, 6.07) is 3.82. The van der Waals surface area contributed by atoms with Crippen molar-refractivity contribution in [3.05, 3.63) is 18.3 Å². The Morgan fingerprint density at radius 2 is 2.21 bits per heavy atom. The summed E-state index contributed by atoms with van der Waals surface area (Å²) in [4.78, 5) is 4.33. The molecule has 0 saturated carbocycles. The summed E-state index contributed by atoms with van der Waals surface area (Å²) in [6.45, 7) is 8.22. The van der Waals surface area contributed by atoms with E-state index >= 15 is 0 Å². The van der Waals surface area contributed by atoms with Crippen LogP contribution in [-0.4, -0.2) is 29.8 Å². The monoisotopic (exact) mass is 266 g/mol. The summed E-state index contributed by atoms with van der Waals surface area (Å²) in [5, 5.41) is 12.3. The zero-order chi connectivity index (χ0) is 14.1. The first-order valence-electron chi connectivity index (χ1n) is 7.01. The number of aromatic nitrogens is 1. The third-order valence-corrected chi connectivity index (χ3v) is 2.98. The van der Waals surface area contributed by atoms with Crippen molar-refractivity contribution in [2.45, 2.75) is 40.0 Å². The lowest BCUT2D eigenvalue weighted by molar-refractivity contribution is 0.247. The number of aliphatic hydroxyl groups is 1. The van der Waals surface area contributed by atoms with E-state index in [0.29, 0.717) is 6.61 Å². The second kappa shape index (κ2) is 8.00. The van der Waals surface area contributed by atoms with Gasteiger partial charge in [0.15, 0.2) is 11.6 Å². The van der Waals surface area contributed by atoms with Crippen molar-refractivity contribution < 1.29 is 9.84 Å². The fourth-order valence-corrected chi connectivity index (χ4v) is 1.82. The molecule has 1 heterocycles. The third kappa shape index (κ3) is 5.92. The van der Waals surface area contributed by atoms with Gasteiger partial charge in [0.25, 0.3) is 0 Å². The topological polar surface area (TPSA) is 54.4 Å². The van der Waals surface area contributed by atoms with E-state index < -0.39 is 0 Å². The highest BCUT2D eigenvalue weighted by Gasteiger charge is 2.18. The predicted molar refractivity (Wildman–Crippen MR) is 78.6 cm³/mol. The van der Waals surface area contributed by atoms with Crippen LogP contribution in [0.2, 0.25) is 0 Å². The lowest BCUT2D eigenvalue weighted by atomic mass is 9.88. The van der Waals surface area contributed by atoms with Crippen LogP contribution in [0.15, 0.2) is 18.3 Å². The van der Waals surface area contributed by atoms with E-state index in [1.807, 2.05) is 12.1 Å². The van der Waals surface area contributed by atoms with E-state index in [-0.39, 0.29) is 12.0 Å². The van der Waals surface area contributed by atoms with Crippen molar-refractivity contribution in [1.82, 2.24) is 4.98 Å². The van der Waals surface area contributed by atoms with Gasteiger partial charge in [0.2, 0.25) is 0 Å². The number of nitrogens with one attached hydrogen (secondary N) is 1. The maximum absolute atomic E-state index is 8.90. The van der Waals surface area contributed by atoms with Crippen molar-refractivity contribution >= 4 is 5.82 Å². The molecule has 0 aliphatic carbocycles. The van der Waals surface area contributed by atoms with Gasteiger partial charge in [-0.2, -0.15) is 0 Å². The van der Waals surface area contributed by atoms with Crippen LogP contribution in [0.1, 0.15) is 40.0 Å². The molecule has 108 valence electrons. The molecule has 4 heteroatoms. The molecule has 0 amide bonds. The fourth-order valence-electron chi connectivity index (χ4n) is 1.82. The summed E-state index contributed by atoms with van der Waals surface area (Å²) < 4.78 is 5.67. The van der Waals surface area contributed by atoms with Gasteiger partial charge in [-0.3, -0.25) is 0 Å². The highest BCUT2D eigenvalue weighted by atomic mass is 16.5. The van der Waals surface area contributed by atoms with Crippen molar-refractivity contribution in [2.24, 2.45) is 5.41 Å². The molecule has 19 heavy (non-hydrogen) atoms. The molecule has 2 N–H and O–H groups in total. The number of rotatable bonds is 9. The Morgan fingerprint density at radius 1 is 1.42 bits per heavy atom. The van der Waals surface area contributed by atoms with E-state index in [2.05, 4.69) is 31.1 Å². The summed E-state index contributed by atoms with van der Waals surface area (Å²) in [5.74, 6) is 1.61. The molecule has 0 aliphatic rings. The van der Waals surface area contributed by atoms with Crippen molar-refractivity contribution in [3.63, 3.8) is 0 Å². The molecule has 1 aromatic heterocycles. The molecule has 0 aliphatic heterocycles. The molecule has 1 rings (SSSR count). The van der Waals surface area contributed by atoms with E-state index in [9.17, 15) is 0 Å². The molecular formula is C15H26N2O2. The van der Waals surface area contributed by atoms with Crippen molar-refractivity contribution in [3.8, 4) is 5.75 Å². The molecule has 0 fully saturated rings. The van der Waals surface area contributed by atoms with Gasteiger partial charge in [-0.1, -0.05) is 20.8 Å². The average molecular weight is 266 g/mol. The number of pyridine rings is 1. The normalized spacial score (nSPS) is 11.4. The smallest absolute Gasteiger partial charge is 0.168 e. The molecule has 1 aromatic rings. The number of anilines is 1. The van der Waals surface area contributed by atoms with Gasteiger partial charge in [0.05, 0.1) is 6.61 Å². The number of ether oxygens (including phenoxy) is 1. The molecule has 0 spiro atoms. The van der Waals surface area contributed by atoms with E-state index in [0.717, 1.165) is 37.4 Å². The van der Waals surface area contributed by atoms with Crippen molar-refractivity contribution in [1.29, 1.82) is 0 Å². The van der Waals surface area contributed by atoms with E-state index in [1.165, 1.54) is 0 Å². The van der Waals surface area contributed by atoms with Crippen LogP contribution in [0.25, 0.3) is 0 Å². The Bertz CT molecular complexity index is 367. The molecule has 0 saturated heterocycles. The lowest BCUT2D eigenvalue weighted by Crippen LogP contribution is -2.24. The molecule has 0 aromatic carbocycles. The highest BCUT2D eigenvalue weighted by molar-refractivity contribution is 5.49. The molecular weight excluding hydrogens is 240 g/mol. The predicted octanol–water partition coefficient (Wildman–Crippen LogP) is 3.08. The average Bonchev–Trinajstić information content (AvgIpc) is 2.41. The van der Waals surface area contributed by atoms with Gasteiger partial charge < -0.3 is 15.2 Å². The molecule has 0 bridgehead atoms. The summed E-state index contributed by atoms with van der Waals surface area (Å²) in [5.41, 5.74) is 0.127. The Balaban J connectivity index is 2.56. The molecule has 4 nitrogen and oxygen atoms in total. The minimum atomic E-state index is 0.127. The van der Waals surface area contributed by atoms with Crippen LogP contribution >= 0.6 is 0 Å². The van der Waals surface area contributed by atoms with Gasteiger partial charge in [-0.15, -0.1) is 0 Å². The quantitative estimate of drug-likeness (QED) is 0.721. The number of hydrogen-bond donors (Lipinski definition) is 2. The third-order valence-electron chi connectivity index (χ3n) is 2.98. The highest BCUT2D eigenvalue weighted by Crippen LogP contribution is 2.26. The summed E-state index contributed by atoms with van der Waals surface area (Å²) in [7, 11) is 0. The fraction of sp³-hybridized carbons (Fsp3) is 0.667. The maximum atomic E-state index is 8.90.